The van der Waals surface area contributed by atoms with Crippen molar-refractivity contribution in [2.45, 2.75) is 12.8 Å². The van der Waals surface area contributed by atoms with Crippen LogP contribution in [0, 0.1) is 0 Å². The van der Waals surface area contributed by atoms with Gasteiger partial charge in [0.05, 0.1) is 12.3 Å². The first-order chi connectivity index (χ1) is 9.40. The van der Waals surface area contributed by atoms with Gasteiger partial charge in [0.25, 0.3) is 0 Å². The summed E-state index contributed by atoms with van der Waals surface area (Å²) < 4.78 is 5.65. The van der Waals surface area contributed by atoms with Crippen LogP contribution in [0.3, 0.4) is 0 Å². The lowest BCUT2D eigenvalue weighted by Crippen LogP contribution is -1.99. The van der Waals surface area contributed by atoms with E-state index < -0.39 is 0 Å². The van der Waals surface area contributed by atoms with Crippen molar-refractivity contribution in [1.82, 2.24) is 0 Å². The van der Waals surface area contributed by atoms with Crippen LogP contribution in [0.2, 0.25) is 0 Å². The first-order valence-electron chi connectivity index (χ1n) is 6.21. The van der Waals surface area contributed by atoms with Gasteiger partial charge in [-0.3, -0.25) is 0 Å². The molecular weight excluding hydrogens is 238 g/mol. The molecule has 0 radical (unpaired) electrons. The molecule has 2 rings (SSSR count). The zero-order valence-electron chi connectivity index (χ0n) is 10.6. The van der Waals surface area contributed by atoms with Crippen LogP contribution in [0.4, 0.5) is 5.69 Å². The minimum Gasteiger partial charge on any atom is -0.493 e. The van der Waals surface area contributed by atoms with Gasteiger partial charge < -0.3 is 4.74 Å². The third kappa shape index (κ3) is 4.05. The Morgan fingerprint density at radius 2 is 1.74 bits per heavy atom. The van der Waals surface area contributed by atoms with E-state index in [0.29, 0.717) is 18.0 Å². The van der Waals surface area contributed by atoms with Gasteiger partial charge in [-0.2, -0.15) is 0 Å². The third-order valence-corrected chi connectivity index (χ3v) is 2.73. The quantitative estimate of drug-likeness (QED) is 0.320. The van der Waals surface area contributed by atoms with E-state index in [1.54, 1.807) is 6.07 Å². The van der Waals surface area contributed by atoms with Gasteiger partial charge in [0, 0.05) is 4.91 Å². The van der Waals surface area contributed by atoms with E-state index in [2.05, 4.69) is 22.2 Å². The lowest BCUT2D eigenvalue weighted by Gasteiger charge is -2.08. The van der Waals surface area contributed by atoms with Gasteiger partial charge >= 0.3 is 0 Å². The van der Waals surface area contributed by atoms with Gasteiger partial charge in [0.15, 0.2) is 0 Å². The van der Waals surface area contributed by atoms with Crippen molar-refractivity contribution in [2.75, 3.05) is 6.61 Å². The van der Waals surface area contributed by atoms with Crippen molar-refractivity contribution in [3.05, 3.63) is 70.6 Å². The molecule has 0 atom stereocenters. The molecule has 0 N–H and O–H groups in total. The Balaban J connectivity index is 1.84. The molecule has 0 aliphatic carbocycles. The van der Waals surface area contributed by atoms with E-state index in [-0.39, 0.29) is 0 Å². The van der Waals surface area contributed by atoms with Crippen molar-refractivity contribution < 1.29 is 4.74 Å². The van der Waals surface area contributed by atoms with Crippen LogP contribution in [-0.4, -0.2) is 6.61 Å². The highest BCUT2D eigenvalue weighted by Crippen LogP contribution is 2.26. The Hall–Kier alpha value is -2.45. The molecule has 0 bridgehead atoms. The lowest BCUT2D eigenvalue weighted by molar-refractivity contribution is 0.312. The number of aryl methyl sites for hydroxylation is 1. The van der Waals surface area contributed by atoms with E-state index >= 15 is 0 Å². The van der Waals surface area contributed by atoms with Crippen molar-refractivity contribution in [3.63, 3.8) is 0 Å². The number of benzene rings is 2. The highest BCUT2D eigenvalue weighted by molar-refractivity contribution is 5.51. The molecule has 0 aliphatic heterocycles. The smallest absolute Gasteiger partial charge is 0.128 e. The maximum atomic E-state index is 8.47. The third-order valence-electron chi connectivity index (χ3n) is 2.73. The van der Waals surface area contributed by atoms with Crippen LogP contribution in [0.25, 0.3) is 10.4 Å². The van der Waals surface area contributed by atoms with Gasteiger partial charge in [-0.25, -0.2) is 0 Å². The summed E-state index contributed by atoms with van der Waals surface area (Å²) in [7, 11) is 0. The van der Waals surface area contributed by atoms with E-state index in [4.69, 9.17) is 10.3 Å². The number of rotatable bonds is 6. The summed E-state index contributed by atoms with van der Waals surface area (Å²) in [6.45, 7) is 0.604. The van der Waals surface area contributed by atoms with E-state index in [0.717, 1.165) is 12.8 Å². The molecular formula is C15H15N3O. The first-order valence-corrected chi connectivity index (χ1v) is 6.21. The number of ether oxygens (including phenoxy) is 1. The maximum absolute atomic E-state index is 8.47. The second kappa shape index (κ2) is 7.09. The second-order valence-corrected chi connectivity index (χ2v) is 4.09. The highest BCUT2D eigenvalue weighted by atomic mass is 16.5. The predicted molar refractivity (Wildman–Crippen MR) is 75.5 cm³/mol. The van der Waals surface area contributed by atoms with Crippen LogP contribution < -0.4 is 4.74 Å². The first kappa shape index (κ1) is 13.0. The van der Waals surface area contributed by atoms with Gasteiger partial charge in [0.2, 0.25) is 0 Å². The summed E-state index contributed by atoms with van der Waals surface area (Å²) in [5, 5.41) is 3.60. The molecule has 0 unspecified atom stereocenters. The van der Waals surface area contributed by atoms with Gasteiger partial charge in [-0.05, 0) is 36.1 Å². The van der Waals surface area contributed by atoms with Crippen LogP contribution in [0.5, 0.6) is 5.75 Å². The van der Waals surface area contributed by atoms with Crippen molar-refractivity contribution in [1.29, 1.82) is 0 Å². The Labute approximate surface area is 112 Å². The summed E-state index contributed by atoms with van der Waals surface area (Å²) in [6, 6.07) is 17.5. The standard InChI is InChI=1S/C15H15N3O/c16-18-17-14-10-4-5-11-15(14)19-12-6-9-13-7-2-1-3-8-13/h1-5,7-8,10-11H,6,9,12H2. The molecule has 4 heteroatoms. The number of hydrogen-bond acceptors (Lipinski definition) is 2. The van der Waals surface area contributed by atoms with E-state index in [9.17, 15) is 0 Å². The zero-order valence-corrected chi connectivity index (χ0v) is 10.6. The van der Waals surface area contributed by atoms with Crippen LogP contribution >= 0.6 is 0 Å². The minimum absolute atomic E-state index is 0.532. The number of hydrogen-bond donors (Lipinski definition) is 0. The molecule has 0 amide bonds. The van der Waals surface area contributed by atoms with E-state index in [1.165, 1.54) is 5.56 Å². The number of para-hydroxylation sites is 1. The summed E-state index contributed by atoms with van der Waals surface area (Å²) >= 11 is 0. The molecule has 0 aliphatic rings. The highest BCUT2D eigenvalue weighted by Gasteiger charge is 2.00. The SMILES string of the molecule is [N-]=[N+]=Nc1ccccc1OCCCc1ccccc1. The van der Waals surface area contributed by atoms with Gasteiger partial charge in [-0.15, -0.1) is 0 Å². The normalized spacial score (nSPS) is 9.68. The minimum atomic E-state index is 0.532. The summed E-state index contributed by atoms with van der Waals surface area (Å²) in [5.74, 6) is 0.633. The molecule has 0 heterocycles. The average Bonchev–Trinajstić information content (AvgIpc) is 2.47. The lowest BCUT2D eigenvalue weighted by atomic mass is 10.1. The predicted octanol–water partition coefficient (Wildman–Crippen LogP) is 4.64. The molecule has 19 heavy (non-hydrogen) atoms. The number of azide groups is 1. The maximum Gasteiger partial charge on any atom is 0.128 e. The average molecular weight is 253 g/mol. The van der Waals surface area contributed by atoms with Crippen LogP contribution in [0.1, 0.15) is 12.0 Å². The fraction of sp³-hybridized carbons (Fsp3) is 0.200. The fourth-order valence-electron chi connectivity index (χ4n) is 1.81. The Morgan fingerprint density at radius 3 is 2.53 bits per heavy atom. The molecule has 0 saturated carbocycles. The van der Waals surface area contributed by atoms with Gasteiger partial charge in [-0.1, -0.05) is 47.6 Å². The Bertz CT molecular complexity index is 563. The van der Waals surface area contributed by atoms with Crippen LogP contribution in [0.15, 0.2) is 59.7 Å². The Kier molecular flexibility index (Phi) is 4.85. The number of nitrogens with zero attached hydrogens (tertiary/aromatic N) is 3. The van der Waals surface area contributed by atoms with E-state index in [1.807, 2.05) is 36.4 Å². The summed E-state index contributed by atoms with van der Waals surface area (Å²) in [5.41, 5.74) is 10.3. The van der Waals surface area contributed by atoms with Crippen LogP contribution in [-0.2, 0) is 6.42 Å². The zero-order chi connectivity index (χ0) is 13.3. The second-order valence-electron chi connectivity index (χ2n) is 4.09. The van der Waals surface area contributed by atoms with Gasteiger partial charge in [0.1, 0.15) is 5.75 Å². The molecule has 0 saturated heterocycles. The van der Waals surface area contributed by atoms with Crippen molar-refractivity contribution in [3.8, 4) is 5.75 Å². The molecule has 4 nitrogen and oxygen atoms in total. The summed E-state index contributed by atoms with van der Waals surface area (Å²) in [6.07, 6.45) is 1.90. The molecule has 96 valence electrons. The topological polar surface area (TPSA) is 58.0 Å². The monoisotopic (exact) mass is 253 g/mol. The molecule has 0 spiro atoms. The summed E-state index contributed by atoms with van der Waals surface area (Å²) in [4.78, 5) is 2.79. The molecule has 2 aromatic carbocycles. The Morgan fingerprint density at radius 1 is 1.00 bits per heavy atom. The van der Waals surface area contributed by atoms with Crippen molar-refractivity contribution >= 4 is 5.69 Å². The molecule has 0 aromatic heterocycles. The molecule has 0 fully saturated rings. The molecule has 2 aromatic rings. The van der Waals surface area contributed by atoms with Crippen molar-refractivity contribution in [2.24, 2.45) is 5.11 Å². The largest absolute Gasteiger partial charge is 0.493 e. The fourth-order valence-corrected chi connectivity index (χ4v) is 1.81.